The van der Waals surface area contributed by atoms with Gasteiger partial charge in [0.05, 0.1) is 0 Å². The molecular weight excluding hydrogens is 778 g/mol. The van der Waals surface area contributed by atoms with Gasteiger partial charge in [0.25, 0.3) is 0 Å². The lowest BCUT2D eigenvalue weighted by Crippen LogP contribution is -2.01. The molecule has 2 nitrogen and oxygen atoms in total. The predicted octanol–water partition coefficient (Wildman–Crippen LogP) is 8.21. The highest BCUT2D eigenvalue weighted by molar-refractivity contribution is 9.39. The number of rotatable bonds is 2. The van der Waals surface area contributed by atoms with Crippen molar-refractivity contribution in [2.24, 2.45) is 0 Å². The Hall–Kier alpha value is 2.31. The molecule has 2 N–H and O–H groups in total. The van der Waals surface area contributed by atoms with Gasteiger partial charge in [-0.3, -0.25) is 0 Å². The van der Waals surface area contributed by atoms with E-state index in [1.54, 1.807) is 0 Å². The minimum Gasteiger partial charge on any atom is -0.337 e. The van der Waals surface area contributed by atoms with E-state index in [1.165, 1.54) is 0 Å². The summed E-state index contributed by atoms with van der Waals surface area (Å²) >= 11 is 26.8. The van der Waals surface area contributed by atoms with Crippen molar-refractivity contribution < 1.29 is 9.79 Å². The Morgan fingerprint density at radius 1 is 0.680 bits per heavy atom. The third-order valence-corrected chi connectivity index (χ3v) is 11.6. The molecule has 0 aromatic heterocycles. The van der Waals surface area contributed by atoms with Crippen LogP contribution in [-0.2, 0) is 14.4 Å². The van der Waals surface area contributed by atoms with E-state index in [9.17, 15) is 9.79 Å². The predicted molar refractivity (Wildman–Crippen MR) is 131 cm³/mol. The Morgan fingerprint density at radius 3 is 1.16 bits per heavy atom. The van der Waals surface area contributed by atoms with Gasteiger partial charge in [-0.1, -0.05) is 130 Å². The average Bonchev–Trinajstić information content (AvgIpc) is 2.45. The van der Waals surface area contributed by atoms with Crippen LogP contribution in [-0.4, -0.2) is 9.79 Å². The van der Waals surface area contributed by atoms with Gasteiger partial charge in [0.1, 0.15) is 0 Å². The molecular formula is C14H10Br6ClO2PS. The first-order chi connectivity index (χ1) is 11.3. The van der Waals surface area contributed by atoms with Gasteiger partial charge in [-0.25, -0.2) is 0 Å². The monoisotopic (exact) mass is 781 g/mol. The largest absolute Gasteiger partial charge is 0.337 e. The minimum absolute atomic E-state index is 0.525. The first-order valence-corrected chi connectivity index (χ1v) is 15.6. The van der Waals surface area contributed by atoms with Crippen LogP contribution in [0.2, 0.25) is 0 Å². The Balaban J connectivity index is 2.53. The molecule has 0 saturated carbocycles. The van der Waals surface area contributed by atoms with Crippen molar-refractivity contribution in [2.75, 3.05) is 0 Å². The van der Waals surface area contributed by atoms with Gasteiger partial charge in [-0.2, -0.15) is 0 Å². The number of hydrogen-bond acceptors (Lipinski definition) is 0. The Kier molecular flexibility index (Phi) is 8.48. The highest BCUT2D eigenvalue weighted by Crippen LogP contribution is 2.53. The van der Waals surface area contributed by atoms with E-state index in [0.29, 0.717) is 0 Å². The minimum atomic E-state index is -3.65. The van der Waals surface area contributed by atoms with Crippen LogP contribution in [0.4, 0.5) is 0 Å². The lowest BCUT2D eigenvalue weighted by molar-refractivity contribution is 0.500. The molecule has 0 heterocycles. The van der Waals surface area contributed by atoms with Crippen molar-refractivity contribution in [1.82, 2.24) is 0 Å². The van der Waals surface area contributed by atoms with Crippen LogP contribution in [0.15, 0.2) is 58.3 Å². The van der Waals surface area contributed by atoms with Crippen LogP contribution in [0.25, 0.3) is 0 Å². The van der Waals surface area contributed by atoms with E-state index >= 15 is 0 Å². The summed E-state index contributed by atoms with van der Waals surface area (Å²) in [7, 11) is -1.04. The topological polar surface area (TPSA) is 40.5 Å². The van der Waals surface area contributed by atoms with Gasteiger partial charge >= 0.3 is 0 Å². The van der Waals surface area contributed by atoms with Crippen LogP contribution in [0.3, 0.4) is 0 Å². The Morgan fingerprint density at radius 2 is 0.960 bits per heavy atom. The van der Waals surface area contributed by atoms with Gasteiger partial charge in [-0.05, 0) is 46.6 Å². The molecule has 138 valence electrons. The normalized spacial score (nSPS) is 13.4. The number of benzene rings is 2. The van der Waals surface area contributed by atoms with Crippen molar-refractivity contribution >= 4 is 123 Å². The fourth-order valence-electron chi connectivity index (χ4n) is 1.95. The standard InChI is InChI=1S/C14H10Br6ClO2PS/c15-13(16,17)9-1-5-11(6-2-9)25(24(21,22)23)12-7-3-10(4-8-12)14(18,19)20/h1-8,22-23H. The smallest absolute Gasteiger partial charge is 0.244 e. The van der Waals surface area contributed by atoms with Gasteiger partial charge < -0.3 is 9.79 Å². The van der Waals surface area contributed by atoms with E-state index in [4.69, 9.17) is 11.2 Å². The molecule has 0 amide bonds. The number of hydrogen-bond donors (Lipinski definition) is 2. The molecule has 2 aromatic carbocycles. The zero-order valence-electron chi connectivity index (χ0n) is 12.0. The highest BCUT2D eigenvalue weighted by Gasteiger charge is 2.24. The maximum absolute atomic E-state index is 10.2. The van der Waals surface area contributed by atoms with Crippen LogP contribution in [0.5, 0.6) is 0 Å². The van der Waals surface area contributed by atoms with Crippen LogP contribution in [0, 0.1) is 0 Å². The molecule has 0 aliphatic rings. The molecule has 25 heavy (non-hydrogen) atoms. The summed E-state index contributed by atoms with van der Waals surface area (Å²) in [5.41, 5.74) is 1.87. The van der Waals surface area contributed by atoms with Gasteiger partial charge in [0.15, 0.2) is 4.29 Å². The third kappa shape index (κ3) is 6.66. The third-order valence-electron chi connectivity index (χ3n) is 3.04. The quantitative estimate of drug-likeness (QED) is 0.238. The van der Waals surface area contributed by atoms with Crippen molar-refractivity contribution in [3.63, 3.8) is 0 Å². The first-order valence-electron chi connectivity index (χ1n) is 6.44. The second kappa shape index (κ2) is 8.99. The van der Waals surface area contributed by atoms with Crippen LogP contribution < -0.4 is 0 Å². The molecule has 0 aliphatic carbocycles. The summed E-state index contributed by atoms with van der Waals surface area (Å²) in [6, 6.07) is 14.9. The number of halogens is 7. The molecule has 0 spiro atoms. The molecule has 11 heteroatoms. The first kappa shape index (κ1) is 23.6. The lowest BCUT2D eigenvalue weighted by atomic mass is 10.2. The van der Waals surface area contributed by atoms with Gasteiger partial charge in [0.2, 0.25) is 5.84 Å². The van der Waals surface area contributed by atoms with Gasteiger partial charge in [-0.15, -0.1) is 0 Å². The van der Waals surface area contributed by atoms with Crippen molar-refractivity contribution in [2.45, 2.75) is 14.1 Å². The highest BCUT2D eigenvalue weighted by atomic mass is 80.0. The molecule has 2 aromatic rings. The summed E-state index contributed by atoms with van der Waals surface area (Å²) < 4.78 is -1.05. The molecule has 0 fully saturated rings. The van der Waals surface area contributed by atoms with Crippen molar-refractivity contribution in [3.8, 4) is 0 Å². The Bertz CT molecular complexity index is 741. The van der Waals surface area contributed by atoms with E-state index in [1.807, 2.05) is 48.5 Å². The van der Waals surface area contributed by atoms with E-state index in [0.717, 1.165) is 20.9 Å². The van der Waals surface area contributed by atoms with Crippen molar-refractivity contribution in [3.05, 3.63) is 59.7 Å². The zero-order chi connectivity index (χ0) is 19.0. The van der Waals surface area contributed by atoms with Crippen LogP contribution in [0.1, 0.15) is 11.1 Å². The summed E-state index contributed by atoms with van der Waals surface area (Å²) in [6.45, 7) is 0. The zero-order valence-corrected chi connectivity index (χ0v) is 24.0. The summed E-state index contributed by atoms with van der Waals surface area (Å²) in [4.78, 5) is 22.0. The molecule has 0 saturated heterocycles. The molecule has 0 aliphatic heterocycles. The lowest BCUT2D eigenvalue weighted by Gasteiger charge is -2.19. The summed E-state index contributed by atoms with van der Waals surface area (Å²) in [6.07, 6.45) is 0. The molecule has 0 radical (unpaired) electrons. The average molecular weight is 788 g/mol. The van der Waals surface area contributed by atoms with Crippen LogP contribution >= 0.6 is 113 Å². The second-order valence-corrected chi connectivity index (χ2v) is 25.4. The summed E-state index contributed by atoms with van der Waals surface area (Å²) in [5.74, 6) is -3.65. The fraction of sp³-hybridized carbons (Fsp3) is 0.143. The summed E-state index contributed by atoms with van der Waals surface area (Å²) in [5, 5.41) is 0. The van der Waals surface area contributed by atoms with Crippen molar-refractivity contribution in [1.29, 1.82) is 0 Å². The SMILES string of the molecule is OP(O)(Cl)=S(c1ccc(C(Br)(Br)Br)cc1)c1ccc(C(Br)(Br)Br)cc1. The molecule has 0 atom stereocenters. The van der Waals surface area contributed by atoms with E-state index < -0.39 is 20.2 Å². The molecule has 0 bridgehead atoms. The van der Waals surface area contributed by atoms with Gasteiger partial charge in [0, 0.05) is 9.79 Å². The maximum atomic E-state index is 10.2. The maximum Gasteiger partial charge on any atom is 0.244 e. The second-order valence-electron chi connectivity index (χ2n) is 4.80. The molecule has 0 unspecified atom stereocenters. The number of alkyl halides is 6. The van der Waals surface area contributed by atoms with E-state index in [-0.39, 0.29) is 0 Å². The van der Waals surface area contributed by atoms with E-state index in [2.05, 4.69) is 95.6 Å². The fourth-order valence-corrected chi connectivity index (χ4v) is 8.91. The molecule has 2 rings (SSSR count). The Labute approximate surface area is 203 Å².